The van der Waals surface area contributed by atoms with E-state index in [1.807, 2.05) is 26.8 Å². The molecule has 1 saturated heterocycles. The van der Waals surface area contributed by atoms with Crippen LogP contribution in [0.2, 0.25) is 0 Å². The van der Waals surface area contributed by atoms with E-state index in [1.165, 1.54) is 4.90 Å². The van der Waals surface area contributed by atoms with Gasteiger partial charge in [-0.1, -0.05) is 6.07 Å². The van der Waals surface area contributed by atoms with Gasteiger partial charge in [0.25, 0.3) is 0 Å². The van der Waals surface area contributed by atoms with E-state index in [1.54, 1.807) is 0 Å². The Morgan fingerprint density at radius 3 is 2.78 bits per heavy atom. The highest BCUT2D eigenvalue weighted by Crippen LogP contribution is 2.23. The predicted molar refractivity (Wildman–Crippen MR) is 84.7 cm³/mol. The molecule has 1 amide bonds. The summed E-state index contributed by atoms with van der Waals surface area (Å²) in [6.45, 7) is 7.06. The van der Waals surface area contributed by atoms with Crippen molar-refractivity contribution in [1.82, 2.24) is 4.90 Å². The molecule has 1 heterocycles. The highest BCUT2D eigenvalue weighted by Gasteiger charge is 2.28. The molecule has 1 aliphatic heterocycles. The molecule has 0 aliphatic carbocycles. The third-order valence-electron chi connectivity index (χ3n) is 4.03. The maximum Gasteiger partial charge on any atom is 0.334 e. The summed E-state index contributed by atoms with van der Waals surface area (Å²) in [5.74, 6) is -0.355. The summed E-state index contributed by atoms with van der Waals surface area (Å²) in [4.78, 5) is 24.6. The van der Waals surface area contributed by atoms with Crippen molar-refractivity contribution >= 4 is 11.9 Å². The predicted octanol–water partition coefficient (Wildman–Crippen LogP) is 1.69. The Morgan fingerprint density at radius 1 is 1.35 bits per heavy atom. The second kappa shape index (κ2) is 7.46. The largest absolute Gasteiger partial charge is 0.493 e. The highest BCUT2D eigenvalue weighted by atomic mass is 16.5. The fraction of sp³-hybridized carbons (Fsp3) is 0.529. The lowest BCUT2D eigenvalue weighted by Gasteiger charge is -2.30. The van der Waals surface area contributed by atoms with Crippen LogP contribution in [0, 0.1) is 20.8 Å². The molecule has 1 fully saturated rings. The number of rotatable bonds is 5. The molecule has 1 aliphatic rings. The first-order chi connectivity index (χ1) is 10.9. The molecule has 2 rings (SSSR count). The number of ether oxygens (including phenoxy) is 2. The summed E-state index contributed by atoms with van der Waals surface area (Å²) in [6, 6.07) is 4.05. The van der Waals surface area contributed by atoms with Crippen molar-refractivity contribution in [2.45, 2.75) is 33.3 Å². The van der Waals surface area contributed by atoms with Gasteiger partial charge >= 0.3 is 5.97 Å². The fourth-order valence-corrected chi connectivity index (χ4v) is 2.58. The monoisotopic (exact) mass is 321 g/mol. The Hall–Kier alpha value is -2.08. The number of carboxylic acids is 1. The van der Waals surface area contributed by atoms with Crippen molar-refractivity contribution in [2.24, 2.45) is 0 Å². The van der Waals surface area contributed by atoms with Gasteiger partial charge in [0, 0.05) is 6.54 Å². The van der Waals surface area contributed by atoms with E-state index in [2.05, 4.69) is 6.07 Å². The minimum absolute atomic E-state index is 0.0940. The minimum atomic E-state index is -1.04. The summed E-state index contributed by atoms with van der Waals surface area (Å²) < 4.78 is 10.9. The van der Waals surface area contributed by atoms with E-state index in [-0.39, 0.29) is 32.1 Å². The smallest absolute Gasteiger partial charge is 0.334 e. The highest BCUT2D eigenvalue weighted by molar-refractivity contribution is 5.78. The number of amides is 1. The number of hydrogen-bond donors (Lipinski definition) is 1. The average Bonchev–Trinajstić information content (AvgIpc) is 2.51. The molecule has 6 nitrogen and oxygen atoms in total. The van der Waals surface area contributed by atoms with Gasteiger partial charge in [0.05, 0.1) is 26.2 Å². The Labute approximate surface area is 136 Å². The van der Waals surface area contributed by atoms with Crippen molar-refractivity contribution in [3.63, 3.8) is 0 Å². The van der Waals surface area contributed by atoms with E-state index in [0.29, 0.717) is 6.54 Å². The maximum atomic E-state index is 12.2. The van der Waals surface area contributed by atoms with E-state index in [4.69, 9.17) is 14.6 Å². The molecule has 126 valence electrons. The third kappa shape index (κ3) is 4.45. The molecule has 0 aromatic heterocycles. The number of carbonyl (C=O) groups is 2. The van der Waals surface area contributed by atoms with Crippen LogP contribution in [-0.4, -0.2) is 54.3 Å². The first kappa shape index (κ1) is 17.3. The van der Waals surface area contributed by atoms with Gasteiger partial charge in [0.2, 0.25) is 5.91 Å². The van der Waals surface area contributed by atoms with Gasteiger partial charge < -0.3 is 19.5 Å². The van der Waals surface area contributed by atoms with Crippen LogP contribution in [0.5, 0.6) is 5.75 Å². The molecule has 1 aromatic carbocycles. The summed E-state index contributed by atoms with van der Waals surface area (Å²) in [5, 5.41) is 8.96. The van der Waals surface area contributed by atoms with Gasteiger partial charge in [0.15, 0.2) is 6.10 Å². The zero-order chi connectivity index (χ0) is 17.0. The van der Waals surface area contributed by atoms with Crippen LogP contribution >= 0.6 is 0 Å². The van der Waals surface area contributed by atoms with Crippen LogP contribution < -0.4 is 4.74 Å². The Bertz CT molecular complexity index is 599. The number of benzene rings is 1. The lowest BCUT2D eigenvalue weighted by atomic mass is 10.1. The summed E-state index contributed by atoms with van der Waals surface area (Å²) in [6.07, 6.45) is -0.714. The number of carboxylic acid groups (broad SMARTS) is 1. The van der Waals surface area contributed by atoms with Gasteiger partial charge in [-0.25, -0.2) is 4.79 Å². The molecule has 0 unspecified atom stereocenters. The minimum Gasteiger partial charge on any atom is -0.493 e. The Kier molecular flexibility index (Phi) is 5.60. The van der Waals surface area contributed by atoms with Crippen molar-refractivity contribution in [3.8, 4) is 5.75 Å². The number of carbonyl (C=O) groups excluding carboxylic acids is 1. The molecule has 0 saturated carbocycles. The van der Waals surface area contributed by atoms with Crippen LogP contribution in [0.25, 0.3) is 0 Å². The third-order valence-corrected chi connectivity index (χ3v) is 4.03. The number of aliphatic carboxylic acids is 1. The van der Waals surface area contributed by atoms with Gasteiger partial charge in [0.1, 0.15) is 5.75 Å². The van der Waals surface area contributed by atoms with Gasteiger partial charge in [-0.15, -0.1) is 0 Å². The Balaban J connectivity index is 1.86. The van der Waals surface area contributed by atoms with E-state index in [0.717, 1.165) is 22.4 Å². The molecule has 6 heteroatoms. The molecule has 0 spiro atoms. The van der Waals surface area contributed by atoms with Crippen molar-refractivity contribution < 1.29 is 24.2 Å². The van der Waals surface area contributed by atoms with Gasteiger partial charge in [-0.2, -0.15) is 0 Å². The van der Waals surface area contributed by atoms with E-state index >= 15 is 0 Å². The molecule has 1 N–H and O–H groups in total. The number of aryl methyl sites for hydroxylation is 2. The molecule has 0 bridgehead atoms. The summed E-state index contributed by atoms with van der Waals surface area (Å²) >= 11 is 0. The lowest BCUT2D eigenvalue weighted by molar-refractivity contribution is -0.159. The molecule has 1 atom stereocenters. The van der Waals surface area contributed by atoms with Crippen molar-refractivity contribution in [2.75, 3.05) is 26.3 Å². The molecule has 0 radical (unpaired) electrons. The van der Waals surface area contributed by atoms with Crippen LogP contribution in [0.15, 0.2) is 12.1 Å². The van der Waals surface area contributed by atoms with Crippen LogP contribution in [0.4, 0.5) is 0 Å². The van der Waals surface area contributed by atoms with Crippen LogP contribution in [-0.2, 0) is 14.3 Å². The SMILES string of the molecule is Cc1cc(C)c(C)c(OCCC(=O)N2CCO[C@@H](C(=O)O)C2)c1. The average molecular weight is 321 g/mol. The standard InChI is InChI=1S/C17H23NO5/c1-11-8-12(2)13(3)14(9-11)22-6-4-16(19)18-5-7-23-15(10-18)17(20)21/h8-9,15H,4-7,10H2,1-3H3,(H,20,21)/t15-/m1/s1. The zero-order valence-electron chi connectivity index (χ0n) is 13.8. The molecular formula is C17H23NO5. The van der Waals surface area contributed by atoms with Gasteiger partial charge in [-0.05, 0) is 43.5 Å². The van der Waals surface area contributed by atoms with Gasteiger partial charge in [-0.3, -0.25) is 4.79 Å². The molecule has 1 aromatic rings. The number of nitrogens with zero attached hydrogens (tertiary/aromatic N) is 1. The fourth-order valence-electron chi connectivity index (χ4n) is 2.58. The van der Waals surface area contributed by atoms with Crippen LogP contribution in [0.1, 0.15) is 23.1 Å². The molecular weight excluding hydrogens is 298 g/mol. The second-order valence-corrected chi connectivity index (χ2v) is 5.84. The topological polar surface area (TPSA) is 76.1 Å². The van der Waals surface area contributed by atoms with Crippen LogP contribution in [0.3, 0.4) is 0 Å². The second-order valence-electron chi connectivity index (χ2n) is 5.84. The first-order valence-electron chi connectivity index (χ1n) is 7.71. The number of hydrogen-bond acceptors (Lipinski definition) is 4. The summed E-state index contributed by atoms with van der Waals surface area (Å²) in [7, 11) is 0. The van der Waals surface area contributed by atoms with Crippen molar-refractivity contribution in [3.05, 3.63) is 28.8 Å². The quantitative estimate of drug-likeness (QED) is 0.893. The van der Waals surface area contributed by atoms with E-state index < -0.39 is 12.1 Å². The summed E-state index contributed by atoms with van der Waals surface area (Å²) in [5.41, 5.74) is 3.34. The van der Waals surface area contributed by atoms with E-state index in [9.17, 15) is 9.59 Å². The molecule has 23 heavy (non-hydrogen) atoms. The Morgan fingerprint density at radius 2 is 2.09 bits per heavy atom. The van der Waals surface area contributed by atoms with Crippen molar-refractivity contribution in [1.29, 1.82) is 0 Å². The normalized spacial score (nSPS) is 17.9. The first-order valence-corrected chi connectivity index (χ1v) is 7.71. The zero-order valence-corrected chi connectivity index (χ0v) is 13.8. The maximum absolute atomic E-state index is 12.2. The lowest BCUT2D eigenvalue weighted by Crippen LogP contribution is -2.48. The number of morpholine rings is 1.